The Bertz CT molecular complexity index is 574. The molecule has 0 heterocycles. The minimum Gasteiger partial charge on any atom is -0.462 e. The van der Waals surface area contributed by atoms with E-state index in [9.17, 15) is 4.79 Å². The average Bonchev–Trinajstić information content (AvgIpc) is 2.62. The Morgan fingerprint density at radius 3 is 2.72 bits per heavy atom. The molecule has 0 unspecified atom stereocenters. The summed E-state index contributed by atoms with van der Waals surface area (Å²) in [6.07, 6.45) is 7.65. The molecule has 1 fully saturated rings. The maximum atomic E-state index is 12.3. The van der Waals surface area contributed by atoms with Gasteiger partial charge in [-0.15, -0.1) is 0 Å². The molecule has 2 rings (SSSR count). The summed E-state index contributed by atoms with van der Waals surface area (Å²) < 4.78 is 6.00. The van der Waals surface area contributed by atoms with E-state index in [0.29, 0.717) is 36.7 Å². The molecular weight excluding hydrogens is 384 g/mol. The van der Waals surface area contributed by atoms with E-state index in [1.165, 1.54) is 32.1 Å². The van der Waals surface area contributed by atoms with Crippen molar-refractivity contribution in [3.63, 3.8) is 0 Å². The Hall–Kier alpha value is -1.11. The van der Waals surface area contributed by atoms with Crippen LogP contribution in [0.5, 0.6) is 0 Å². The van der Waals surface area contributed by atoms with Crippen LogP contribution in [-0.4, -0.2) is 42.3 Å². The number of nitrogen functional groups attached to an aromatic ring is 1. The van der Waals surface area contributed by atoms with Gasteiger partial charge in [0.1, 0.15) is 0 Å². The first-order chi connectivity index (χ1) is 12.0. The molecule has 0 spiro atoms. The molecule has 1 aromatic carbocycles. The Balaban J connectivity index is 2.04. The highest BCUT2D eigenvalue weighted by atomic mass is 79.9. The maximum Gasteiger partial charge on any atom is 0.338 e. The molecule has 0 atom stereocenters. The summed E-state index contributed by atoms with van der Waals surface area (Å²) in [4.78, 5) is 14.6. The second-order valence-electron chi connectivity index (χ2n) is 6.80. The monoisotopic (exact) mass is 412 g/mol. The second kappa shape index (κ2) is 10.1. The predicted octanol–water partition coefficient (Wildman–Crippen LogP) is 3.73. The Morgan fingerprint density at radius 1 is 1.32 bits per heavy atom. The van der Waals surface area contributed by atoms with Crippen molar-refractivity contribution in [2.24, 2.45) is 0 Å². The van der Waals surface area contributed by atoms with Gasteiger partial charge in [0, 0.05) is 23.7 Å². The molecule has 5 nitrogen and oxygen atoms in total. The largest absolute Gasteiger partial charge is 0.462 e. The fraction of sp³-hybridized carbons (Fsp3) is 0.632. The summed E-state index contributed by atoms with van der Waals surface area (Å²) >= 11 is 3.46. The predicted molar refractivity (Wildman–Crippen MR) is 103 cm³/mol. The first-order valence-corrected chi connectivity index (χ1v) is 9.88. The summed E-state index contributed by atoms with van der Waals surface area (Å²) in [5.74, 6) is -0.347. The van der Waals surface area contributed by atoms with Crippen LogP contribution < -0.4 is 5.73 Å². The molecule has 25 heavy (non-hydrogen) atoms. The zero-order valence-corrected chi connectivity index (χ0v) is 16.6. The van der Waals surface area contributed by atoms with Gasteiger partial charge in [0.2, 0.25) is 0 Å². The van der Waals surface area contributed by atoms with E-state index < -0.39 is 0 Å². The molecular formula is C19H29BrN2O3. The van der Waals surface area contributed by atoms with E-state index in [-0.39, 0.29) is 12.6 Å². The number of halogens is 1. The minimum absolute atomic E-state index is 0.114. The summed E-state index contributed by atoms with van der Waals surface area (Å²) in [7, 11) is 2.13. The van der Waals surface area contributed by atoms with Crippen LogP contribution in [0.4, 0.5) is 5.69 Å². The van der Waals surface area contributed by atoms with Crippen LogP contribution in [0, 0.1) is 0 Å². The van der Waals surface area contributed by atoms with Gasteiger partial charge in [-0.2, -0.15) is 0 Å². The number of anilines is 1. The lowest BCUT2D eigenvalue weighted by Gasteiger charge is -2.31. The number of aliphatic hydroxyl groups excluding tert-OH is 1. The third-order valence-corrected chi connectivity index (χ3v) is 5.51. The summed E-state index contributed by atoms with van der Waals surface area (Å²) in [6.45, 7) is 1.15. The fourth-order valence-corrected chi connectivity index (χ4v) is 3.81. The van der Waals surface area contributed by atoms with Gasteiger partial charge in [-0.05, 0) is 66.4 Å². The molecule has 0 amide bonds. The molecule has 0 saturated heterocycles. The highest BCUT2D eigenvalue weighted by molar-refractivity contribution is 9.10. The van der Waals surface area contributed by atoms with Gasteiger partial charge in [-0.25, -0.2) is 4.79 Å². The van der Waals surface area contributed by atoms with Crippen LogP contribution in [0.2, 0.25) is 0 Å². The number of esters is 1. The lowest BCUT2D eigenvalue weighted by molar-refractivity contribution is 0.0492. The number of nitrogens with two attached hydrogens (primary N) is 1. The summed E-state index contributed by atoms with van der Waals surface area (Å²) in [5, 5.41) is 8.78. The second-order valence-corrected chi connectivity index (χ2v) is 7.66. The van der Waals surface area contributed by atoms with Crippen molar-refractivity contribution in [1.82, 2.24) is 4.90 Å². The van der Waals surface area contributed by atoms with Gasteiger partial charge in [0.05, 0.1) is 17.9 Å². The van der Waals surface area contributed by atoms with Crippen molar-refractivity contribution < 1.29 is 14.6 Å². The van der Waals surface area contributed by atoms with Crippen molar-refractivity contribution in [1.29, 1.82) is 0 Å². The van der Waals surface area contributed by atoms with Crippen molar-refractivity contribution in [3.05, 3.63) is 27.7 Å². The summed E-state index contributed by atoms with van der Waals surface area (Å²) in [6, 6.07) is 4.14. The summed E-state index contributed by atoms with van der Waals surface area (Å²) in [5.41, 5.74) is 8.36. The molecule has 0 bridgehead atoms. The third-order valence-electron chi connectivity index (χ3n) is 4.85. The number of unbranched alkanes of at least 4 members (excludes halogenated alkanes) is 1. The van der Waals surface area contributed by atoms with E-state index in [4.69, 9.17) is 15.6 Å². The van der Waals surface area contributed by atoms with E-state index >= 15 is 0 Å². The van der Waals surface area contributed by atoms with Crippen LogP contribution >= 0.6 is 15.9 Å². The van der Waals surface area contributed by atoms with Crippen LogP contribution in [0.3, 0.4) is 0 Å². The van der Waals surface area contributed by atoms with E-state index in [1.54, 1.807) is 6.07 Å². The number of hydrogen-bond acceptors (Lipinski definition) is 5. The van der Waals surface area contributed by atoms with Gasteiger partial charge in [0.25, 0.3) is 0 Å². The van der Waals surface area contributed by atoms with Gasteiger partial charge in [-0.1, -0.05) is 19.3 Å². The standard InChI is InChI=1S/C19H29BrN2O3/c1-22(16-7-3-2-4-8-16)13-15-11-14(12-17(20)18(15)21)19(24)25-10-6-5-9-23/h11-12,16,23H,2-10,13,21H2,1H3. The number of ether oxygens (including phenoxy) is 1. The lowest BCUT2D eigenvalue weighted by Crippen LogP contribution is -2.33. The van der Waals surface area contributed by atoms with Crippen LogP contribution in [0.15, 0.2) is 16.6 Å². The van der Waals surface area contributed by atoms with Crippen molar-refractivity contribution in [2.75, 3.05) is 26.0 Å². The topological polar surface area (TPSA) is 75.8 Å². The molecule has 0 radical (unpaired) electrons. The molecule has 1 aliphatic carbocycles. The van der Waals surface area contributed by atoms with Crippen molar-refractivity contribution in [2.45, 2.75) is 57.5 Å². The average molecular weight is 413 g/mol. The first-order valence-electron chi connectivity index (χ1n) is 9.09. The SMILES string of the molecule is CN(Cc1cc(C(=O)OCCCCO)cc(Br)c1N)C1CCCCC1. The number of rotatable bonds is 8. The van der Waals surface area contributed by atoms with E-state index in [0.717, 1.165) is 16.6 Å². The van der Waals surface area contributed by atoms with Crippen LogP contribution in [0.25, 0.3) is 0 Å². The first kappa shape index (κ1) is 20.2. The highest BCUT2D eigenvalue weighted by Gasteiger charge is 2.20. The zero-order chi connectivity index (χ0) is 18.2. The van der Waals surface area contributed by atoms with Crippen LogP contribution in [-0.2, 0) is 11.3 Å². The van der Waals surface area contributed by atoms with Crippen molar-refractivity contribution >= 4 is 27.6 Å². The quantitative estimate of drug-likeness (QED) is 0.386. The van der Waals surface area contributed by atoms with E-state index in [2.05, 4.69) is 27.9 Å². The maximum absolute atomic E-state index is 12.3. The van der Waals surface area contributed by atoms with Gasteiger partial charge >= 0.3 is 5.97 Å². The molecule has 0 aromatic heterocycles. The molecule has 6 heteroatoms. The zero-order valence-electron chi connectivity index (χ0n) is 15.0. The Morgan fingerprint density at radius 2 is 2.04 bits per heavy atom. The minimum atomic E-state index is -0.347. The number of carbonyl (C=O) groups is 1. The molecule has 0 aliphatic heterocycles. The Kier molecular flexibility index (Phi) is 8.19. The number of hydrogen-bond donors (Lipinski definition) is 2. The number of benzene rings is 1. The lowest BCUT2D eigenvalue weighted by atomic mass is 9.94. The number of aliphatic hydroxyl groups is 1. The van der Waals surface area contributed by atoms with Crippen molar-refractivity contribution in [3.8, 4) is 0 Å². The normalized spacial score (nSPS) is 15.5. The van der Waals surface area contributed by atoms with Gasteiger partial charge in [0.15, 0.2) is 0 Å². The van der Waals surface area contributed by atoms with E-state index in [1.807, 2.05) is 6.07 Å². The Labute approximate surface area is 158 Å². The fourth-order valence-electron chi connectivity index (χ4n) is 3.31. The van der Waals surface area contributed by atoms with Crippen LogP contribution in [0.1, 0.15) is 60.9 Å². The van der Waals surface area contributed by atoms with Gasteiger partial charge < -0.3 is 15.6 Å². The molecule has 140 valence electrons. The molecule has 1 saturated carbocycles. The van der Waals surface area contributed by atoms with Gasteiger partial charge in [-0.3, -0.25) is 4.90 Å². The number of nitrogens with zero attached hydrogens (tertiary/aromatic N) is 1. The number of carbonyl (C=O) groups excluding carboxylic acids is 1. The smallest absolute Gasteiger partial charge is 0.338 e. The third kappa shape index (κ3) is 5.97. The molecule has 3 N–H and O–H groups in total. The molecule has 1 aliphatic rings. The highest BCUT2D eigenvalue weighted by Crippen LogP contribution is 2.29. The molecule has 1 aromatic rings.